The minimum atomic E-state index is -0.219. The van der Waals surface area contributed by atoms with E-state index >= 15 is 0 Å². The highest BCUT2D eigenvalue weighted by atomic mass is 16.5. The van der Waals surface area contributed by atoms with Crippen LogP contribution in [0.1, 0.15) is 6.42 Å². The molecule has 2 aliphatic heterocycles. The highest BCUT2D eigenvalue weighted by Crippen LogP contribution is 2.33. The van der Waals surface area contributed by atoms with E-state index in [9.17, 15) is 9.59 Å². The van der Waals surface area contributed by atoms with Crippen molar-refractivity contribution in [1.82, 2.24) is 4.90 Å². The fraction of sp³-hybridized carbons (Fsp3) is 0.600. The quantitative estimate of drug-likeness (QED) is 0.552. The van der Waals surface area contributed by atoms with Crippen LogP contribution in [0, 0.1) is 5.92 Å². The minimum Gasteiger partial charge on any atom is -0.469 e. The number of rotatable bonds is 1. The van der Waals surface area contributed by atoms with Crippen molar-refractivity contribution in [2.24, 2.45) is 5.92 Å². The Morgan fingerprint density at radius 1 is 1.64 bits per heavy atom. The van der Waals surface area contributed by atoms with Crippen LogP contribution in [0.15, 0.2) is 12.2 Å². The third-order valence-electron chi connectivity index (χ3n) is 3.14. The molecular formula is C10H13NO3. The summed E-state index contributed by atoms with van der Waals surface area (Å²) < 4.78 is 4.72. The Kier molecular flexibility index (Phi) is 2.15. The zero-order valence-electron chi connectivity index (χ0n) is 8.27. The lowest BCUT2D eigenvalue weighted by Crippen LogP contribution is -2.40. The first-order chi connectivity index (χ1) is 6.65. The lowest BCUT2D eigenvalue weighted by atomic mass is 10.0. The number of esters is 1. The van der Waals surface area contributed by atoms with E-state index in [1.165, 1.54) is 7.11 Å². The van der Waals surface area contributed by atoms with Gasteiger partial charge in [-0.3, -0.25) is 14.5 Å². The van der Waals surface area contributed by atoms with Gasteiger partial charge in [0.05, 0.1) is 19.1 Å². The highest BCUT2D eigenvalue weighted by Gasteiger charge is 2.46. The molecule has 3 atom stereocenters. The predicted molar refractivity (Wildman–Crippen MR) is 49.6 cm³/mol. The smallest absolute Gasteiger partial charge is 0.310 e. The van der Waals surface area contributed by atoms with E-state index in [1.54, 1.807) is 12.2 Å². The first-order valence-electron chi connectivity index (χ1n) is 4.67. The first-order valence-corrected chi connectivity index (χ1v) is 4.67. The van der Waals surface area contributed by atoms with Crippen molar-refractivity contribution in [1.29, 1.82) is 0 Å². The van der Waals surface area contributed by atoms with Gasteiger partial charge in [0.15, 0.2) is 5.78 Å². The molecule has 0 radical (unpaired) electrons. The maximum Gasteiger partial charge on any atom is 0.310 e. The Morgan fingerprint density at radius 2 is 2.36 bits per heavy atom. The van der Waals surface area contributed by atoms with Gasteiger partial charge in [0.25, 0.3) is 0 Å². The molecule has 0 amide bonds. The lowest BCUT2D eigenvalue weighted by molar-refractivity contribution is -0.145. The van der Waals surface area contributed by atoms with Crippen LogP contribution in [-0.4, -0.2) is 42.9 Å². The van der Waals surface area contributed by atoms with Gasteiger partial charge in [-0.1, -0.05) is 6.08 Å². The predicted octanol–water partition coefficient (Wildman–Crippen LogP) is -0.0128. The standard InChI is InChI=1S/C10H13NO3/c1-11-7-3-4-9(12)8(11)5-6(7)10(13)14-2/h3-4,6-8H,5H2,1-2H3/t6-,7-,8-/m0/s1. The Labute approximate surface area is 82.5 Å². The second kappa shape index (κ2) is 3.20. The number of carbonyl (C=O) groups excluding carboxylic acids is 2. The van der Waals surface area contributed by atoms with Gasteiger partial charge < -0.3 is 4.74 Å². The number of hydrogen-bond donors (Lipinski definition) is 0. The van der Waals surface area contributed by atoms with E-state index in [1.807, 2.05) is 11.9 Å². The molecule has 14 heavy (non-hydrogen) atoms. The fourth-order valence-electron chi connectivity index (χ4n) is 2.32. The molecule has 0 N–H and O–H groups in total. The molecule has 0 aromatic carbocycles. The molecule has 4 nitrogen and oxygen atoms in total. The number of nitrogens with zero attached hydrogens (tertiary/aromatic N) is 1. The molecule has 2 heterocycles. The van der Waals surface area contributed by atoms with Crippen LogP contribution in [0.3, 0.4) is 0 Å². The van der Waals surface area contributed by atoms with Gasteiger partial charge in [-0.2, -0.15) is 0 Å². The normalized spacial score (nSPS) is 36.1. The van der Waals surface area contributed by atoms with E-state index in [0.29, 0.717) is 6.42 Å². The highest BCUT2D eigenvalue weighted by molar-refractivity contribution is 5.97. The molecule has 1 fully saturated rings. The number of hydrogen-bond acceptors (Lipinski definition) is 4. The minimum absolute atomic E-state index is 0.0325. The summed E-state index contributed by atoms with van der Waals surface area (Å²) in [5.41, 5.74) is 0. The monoisotopic (exact) mass is 195 g/mol. The van der Waals surface area contributed by atoms with E-state index < -0.39 is 0 Å². The van der Waals surface area contributed by atoms with Gasteiger partial charge >= 0.3 is 5.97 Å². The Morgan fingerprint density at radius 3 is 2.93 bits per heavy atom. The Balaban J connectivity index is 2.25. The van der Waals surface area contributed by atoms with Crippen molar-refractivity contribution in [2.45, 2.75) is 18.5 Å². The second-order valence-electron chi connectivity index (χ2n) is 3.80. The third kappa shape index (κ3) is 1.18. The SMILES string of the molecule is COC(=O)[C@H]1C[C@H]2C(=O)C=C[C@@H]1N2C. The average Bonchev–Trinajstić information content (AvgIpc) is 2.39. The van der Waals surface area contributed by atoms with Gasteiger partial charge in [-0.15, -0.1) is 0 Å². The molecule has 0 aromatic heterocycles. The molecule has 0 saturated carbocycles. The van der Waals surface area contributed by atoms with Gasteiger partial charge in [0.1, 0.15) is 0 Å². The zero-order chi connectivity index (χ0) is 10.3. The van der Waals surface area contributed by atoms with Crippen LogP contribution in [0.5, 0.6) is 0 Å². The molecule has 2 aliphatic rings. The molecule has 0 aliphatic carbocycles. The molecule has 76 valence electrons. The van der Waals surface area contributed by atoms with Crippen LogP contribution >= 0.6 is 0 Å². The van der Waals surface area contributed by atoms with Crippen LogP contribution in [0.25, 0.3) is 0 Å². The van der Waals surface area contributed by atoms with Gasteiger partial charge in [-0.05, 0) is 19.5 Å². The van der Waals surface area contributed by atoms with Crippen molar-refractivity contribution < 1.29 is 14.3 Å². The van der Waals surface area contributed by atoms with Crippen molar-refractivity contribution in [2.75, 3.05) is 14.2 Å². The second-order valence-corrected chi connectivity index (χ2v) is 3.80. The number of likely N-dealkylation sites (N-methyl/N-ethyl adjacent to an activating group) is 1. The topological polar surface area (TPSA) is 46.6 Å². The van der Waals surface area contributed by atoms with Crippen LogP contribution < -0.4 is 0 Å². The summed E-state index contributed by atoms with van der Waals surface area (Å²) in [4.78, 5) is 24.8. The van der Waals surface area contributed by atoms with Crippen molar-refractivity contribution >= 4 is 11.8 Å². The van der Waals surface area contributed by atoms with Crippen LogP contribution in [0.4, 0.5) is 0 Å². The van der Waals surface area contributed by atoms with Crippen molar-refractivity contribution in [3.8, 4) is 0 Å². The van der Waals surface area contributed by atoms with Crippen molar-refractivity contribution in [3.05, 3.63) is 12.2 Å². The number of fused-ring (bicyclic) bond motifs is 2. The maximum atomic E-state index is 11.4. The van der Waals surface area contributed by atoms with Crippen LogP contribution in [0.2, 0.25) is 0 Å². The summed E-state index contributed by atoms with van der Waals surface area (Å²) in [6, 6.07) is -0.0979. The van der Waals surface area contributed by atoms with Gasteiger partial charge in [0.2, 0.25) is 0 Å². The number of methoxy groups -OCH3 is 1. The summed E-state index contributed by atoms with van der Waals surface area (Å²) in [5.74, 6) is -0.309. The molecule has 2 rings (SSSR count). The zero-order valence-corrected chi connectivity index (χ0v) is 8.27. The largest absolute Gasteiger partial charge is 0.469 e. The third-order valence-corrected chi connectivity index (χ3v) is 3.14. The van der Waals surface area contributed by atoms with E-state index in [0.717, 1.165) is 0 Å². The molecular weight excluding hydrogens is 182 g/mol. The Bertz CT molecular complexity index is 310. The summed E-state index contributed by atoms with van der Waals surface area (Å²) in [6.07, 6.45) is 3.96. The van der Waals surface area contributed by atoms with Gasteiger partial charge in [-0.25, -0.2) is 0 Å². The molecule has 2 bridgehead atoms. The van der Waals surface area contributed by atoms with Crippen molar-refractivity contribution in [3.63, 3.8) is 0 Å². The molecule has 1 saturated heterocycles. The fourth-order valence-corrected chi connectivity index (χ4v) is 2.32. The maximum absolute atomic E-state index is 11.4. The van der Waals surface area contributed by atoms with E-state index in [4.69, 9.17) is 4.74 Å². The molecule has 4 heteroatoms. The lowest BCUT2D eigenvalue weighted by Gasteiger charge is -2.26. The summed E-state index contributed by atoms with van der Waals surface area (Å²) in [6.45, 7) is 0. The van der Waals surface area contributed by atoms with Gasteiger partial charge in [0, 0.05) is 6.04 Å². The summed E-state index contributed by atoms with van der Waals surface area (Å²) in [5, 5.41) is 0. The average molecular weight is 195 g/mol. The summed E-state index contributed by atoms with van der Waals surface area (Å²) >= 11 is 0. The number of ether oxygens (including phenoxy) is 1. The van der Waals surface area contributed by atoms with Crippen LogP contribution in [-0.2, 0) is 14.3 Å². The van der Waals surface area contributed by atoms with E-state index in [2.05, 4.69) is 0 Å². The molecule has 0 aromatic rings. The summed E-state index contributed by atoms with van der Waals surface area (Å²) in [7, 11) is 3.26. The number of ketones is 1. The molecule has 0 unspecified atom stereocenters. The number of carbonyl (C=O) groups is 2. The van der Waals surface area contributed by atoms with E-state index in [-0.39, 0.29) is 29.8 Å². The molecule has 0 spiro atoms. The Hall–Kier alpha value is -1.16. The first kappa shape index (κ1) is 9.40.